The maximum atomic E-state index is 12.2. The van der Waals surface area contributed by atoms with Gasteiger partial charge in [0.2, 0.25) is 0 Å². The largest absolute Gasteiger partial charge is 0.325 e. The van der Waals surface area contributed by atoms with Crippen molar-refractivity contribution in [2.75, 3.05) is 32.7 Å². The van der Waals surface area contributed by atoms with Gasteiger partial charge >= 0.3 is 6.03 Å². The Kier molecular flexibility index (Phi) is 4.66. The third-order valence-electron chi connectivity index (χ3n) is 3.75. The molecule has 17 heavy (non-hydrogen) atoms. The van der Waals surface area contributed by atoms with Gasteiger partial charge in [0.1, 0.15) is 0 Å². The van der Waals surface area contributed by atoms with Gasteiger partial charge in [-0.1, -0.05) is 6.92 Å². The van der Waals surface area contributed by atoms with Crippen LogP contribution in [0.3, 0.4) is 0 Å². The number of carbonyl (C=O) groups is 1. The third kappa shape index (κ3) is 3.35. The highest BCUT2D eigenvalue weighted by Gasteiger charge is 2.27. The van der Waals surface area contributed by atoms with E-state index in [-0.39, 0.29) is 6.03 Å². The van der Waals surface area contributed by atoms with Crippen LogP contribution in [0.4, 0.5) is 4.79 Å². The van der Waals surface area contributed by atoms with Gasteiger partial charge < -0.3 is 15.1 Å². The Morgan fingerprint density at radius 1 is 1.18 bits per heavy atom. The van der Waals surface area contributed by atoms with Crippen LogP contribution in [0, 0.1) is 0 Å². The minimum absolute atomic E-state index is 0.269. The molecule has 0 saturated carbocycles. The zero-order valence-electron chi connectivity index (χ0n) is 11.0. The third-order valence-corrected chi connectivity index (χ3v) is 3.75. The molecular weight excluding hydrogens is 214 g/mol. The van der Waals surface area contributed by atoms with E-state index in [0.29, 0.717) is 6.04 Å². The summed E-state index contributed by atoms with van der Waals surface area (Å²) >= 11 is 0. The van der Waals surface area contributed by atoms with Crippen molar-refractivity contribution in [2.45, 2.75) is 45.1 Å². The van der Waals surface area contributed by atoms with Gasteiger partial charge in [-0.2, -0.15) is 0 Å². The van der Waals surface area contributed by atoms with Crippen LogP contribution in [0.5, 0.6) is 0 Å². The summed E-state index contributed by atoms with van der Waals surface area (Å²) in [7, 11) is 0. The summed E-state index contributed by atoms with van der Waals surface area (Å²) in [6, 6.07) is 0.778. The van der Waals surface area contributed by atoms with Crippen LogP contribution in [0.1, 0.15) is 39.0 Å². The maximum absolute atomic E-state index is 12.2. The molecule has 0 bridgehead atoms. The van der Waals surface area contributed by atoms with Gasteiger partial charge in [0.25, 0.3) is 0 Å². The molecule has 2 heterocycles. The molecule has 0 aromatic heterocycles. The van der Waals surface area contributed by atoms with Crippen molar-refractivity contribution in [1.82, 2.24) is 15.1 Å². The van der Waals surface area contributed by atoms with E-state index >= 15 is 0 Å². The van der Waals surface area contributed by atoms with Crippen LogP contribution < -0.4 is 5.32 Å². The molecule has 0 aromatic rings. The zero-order valence-corrected chi connectivity index (χ0v) is 11.0. The number of hydrogen-bond donors (Lipinski definition) is 1. The standard InChI is InChI=1S/C13H25N3O/c1-2-7-14-12-6-5-10-16(11-12)13(17)15-8-3-4-9-15/h12,14H,2-11H2,1H3. The fourth-order valence-corrected chi connectivity index (χ4v) is 2.77. The number of urea groups is 1. The quantitative estimate of drug-likeness (QED) is 0.813. The Morgan fingerprint density at radius 3 is 2.59 bits per heavy atom. The molecule has 0 spiro atoms. The minimum atomic E-state index is 0.269. The summed E-state index contributed by atoms with van der Waals surface area (Å²) in [5.41, 5.74) is 0. The van der Waals surface area contributed by atoms with Crippen molar-refractivity contribution in [3.8, 4) is 0 Å². The van der Waals surface area contributed by atoms with Gasteiger partial charge in [-0.15, -0.1) is 0 Å². The van der Waals surface area contributed by atoms with Crippen molar-refractivity contribution in [3.05, 3.63) is 0 Å². The number of carbonyl (C=O) groups excluding carboxylic acids is 1. The lowest BCUT2D eigenvalue weighted by atomic mass is 10.1. The fourth-order valence-electron chi connectivity index (χ4n) is 2.77. The molecule has 4 heteroatoms. The average molecular weight is 239 g/mol. The summed E-state index contributed by atoms with van der Waals surface area (Å²) < 4.78 is 0. The molecule has 0 radical (unpaired) electrons. The molecule has 2 aliphatic heterocycles. The topological polar surface area (TPSA) is 35.6 Å². The summed E-state index contributed by atoms with van der Waals surface area (Å²) in [4.78, 5) is 16.3. The van der Waals surface area contributed by atoms with Crippen molar-refractivity contribution < 1.29 is 4.79 Å². The highest BCUT2D eigenvalue weighted by molar-refractivity contribution is 5.74. The molecule has 98 valence electrons. The maximum Gasteiger partial charge on any atom is 0.320 e. The number of amides is 2. The summed E-state index contributed by atoms with van der Waals surface area (Å²) in [6.07, 6.45) is 5.87. The lowest BCUT2D eigenvalue weighted by molar-refractivity contribution is 0.142. The normalized spacial score (nSPS) is 25.4. The number of likely N-dealkylation sites (tertiary alicyclic amines) is 2. The average Bonchev–Trinajstić information content (AvgIpc) is 2.89. The highest BCUT2D eigenvalue weighted by atomic mass is 16.2. The van der Waals surface area contributed by atoms with Gasteiger partial charge in [0.05, 0.1) is 0 Å². The summed E-state index contributed by atoms with van der Waals surface area (Å²) in [6.45, 7) is 7.01. The fraction of sp³-hybridized carbons (Fsp3) is 0.923. The van der Waals surface area contributed by atoms with Crippen molar-refractivity contribution in [2.24, 2.45) is 0 Å². The number of nitrogens with one attached hydrogen (secondary N) is 1. The smallest absolute Gasteiger partial charge is 0.320 e. The monoisotopic (exact) mass is 239 g/mol. The molecule has 2 saturated heterocycles. The first-order valence-electron chi connectivity index (χ1n) is 7.08. The van der Waals surface area contributed by atoms with Gasteiger partial charge in [-0.05, 0) is 38.6 Å². The Balaban J connectivity index is 1.81. The molecule has 1 atom stereocenters. The van der Waals surface area contributed by atoms with E-state index in [2.05, 4.69) is 12.2 Å². The van der Waals surface area contributed by atoms with Crippen LogP contribution in [-0.4, -0.2) is 54.6 Å². The highest BCUT2D eigenvalue weighted by Crippen LogP contribution is 2.15. The second-order valence-corrected chi connectivity index (χ2v) is 5.22. The Labute approximate surface area is 104 Å². The summed E-state index contributed by atoms with van der Waals surface area (Å²) in [5.74, 6) is 0. The van der Waals surface area contributed by atoms with Crippen LogP contribution in [0.25, 0.3) is 0 Å². The molecule has 2 rings (SSSR count). The molecule has 2 aliphatic rings. The van der Waals surface area contributed by atoms with Crippen LogP contribution in [0.2, 0.25) is 0 Å². The first kappa shape index (κ1) is 12.7. The van der Waals surface area contributed by atoms with E-state index in [9.17, 15) is 4.79 Å². The lowest BCUT2D eigenvalue weighted by Gasteiger charge is -2.35. The van der Waals surface area contributed by atoms with Gasteiger partial charge in [0.15, 0.2) is 0 Å². The SMILES string of the molecule is CCCNC1CCCN(C(=O)N2CCCC2)C1. The van der Waals surface area contributed by atoms with E-state index in [1.165, 1.54) is 19.3 Å². The first-order chi connectivity index (χ1) is 8.31. The van der Waals surface area contributed by atoms with Crippen LogP contribution in [-0.2, 0) is 0 Å². The second kappa shape index (κ2) is 6.24. The zero-order chi connectivity index (χ0) is 12.1. The van der Waals surface area contributed by atoms with E-state index in [1.54, 1.807) is 0 Å². The van der Waals surface area contributed by atoms with E-state index in [4.69, 9.17) is 0 Å². The Morgan fingerprint density at radius 2 is 1.88 bits per heavy atom. The molecule has 0 aromatic carbocycles. The Bertz CT molecular complexity index is 251. The predicted octanol–water partition coefficient (Wildman–Crippen LogP) is 1.67. The predicted molar refractivity (Wildman–Crippen MR) is 69.1 cm³/mol. The van der Waals surface area contributed by atoms with Gasteiger partial charge in [-0.25, -0.2) is 4.79 Å². The number of piperidine rings is 1. The number of hydrogen-bond acceptors (Lipinski definition) is 2. The van der Waals surface area contributed by atoms with Crippen molar-refractivity contribution >= 4 is 6.03 Å². The number of nitrogens with zero attached hydrogens (tertiary/aromatic N) is 2. The van der Waals surface area contributed by atoms with Gasteiger partial charge in [0, 0.05) is 32.2 Å². The first-order valence-corrected chi connectivity index (χ1v) is 7.08. The molecule has 0 aliphatic carbocycles. The van der Waals surface area contributed by atoms with Crippen molar-refractivity contribution in [1.29, 1.82) is 0 Å². The summed E-state index contributed by atoms with van der Waals surface area (Å²) in [5, 5.41) is 3.53. The van der Waals surface area contributed by atoms with E-state index in [1.807, 2.05) is 9.80 Å². The second-order valence-electron chi connectivity index (χ2n) is 5.22. The molecule has 1 unspecified atom stereocenters. The van der Waals surface area contributed by atoms with Gasteiger partial charge in [-0.3, -0.25) is 0 Å². The van der Waals surface area contributed by atoms with Crippen molar-refractivity contribution in [3.63, 3.8) is 0 Å². The van der Waals surface area contributed by atoms with E-state index in [0.717, 1.165) is 45.6 Å². The molecule has 2 amide bonds. The van der Waals surface area contributed by atoms with Crippen LogP contribution in [0.15, 0.2) is 0 Å². The lowest BCUT2D eigenvalue weighted by Crippen LogP contribution is -2.51. The Hall–Kier alpha value is -0.770. The molecule has 4 nitrogen and oxygen atoms in total. The minimum Gasteiger partial charge on any atom is -0.325 e. The van der Waals surface area contributed by atoms with E-state index < -0.39 is 0 Å². The molecule has 2 fully saturated rings. The molecule has 1 N–H and O–H groups in total. The number of rotatable bonds is 3. The molecular formula is C13H25N3O. The van der Waals surface area contributed by atoms with Crippen LogP contribution >= 0.6 is 0 Å².